The molecule has 0 saturated carbocycles. The van der Waals surface area contributed by atoms with Crippen molar-refractivity contribution in [2.24, 2.45) is 0 Å². The predicted octanol–water partition coefficient (Wildman–Crippen LogP) is 2.67. The first-order valence-corrected chi connectivity index (χ1v) is 9.65. The van der Waals surface area contributed by atoms with Crippen LogP contribution in [0.2, 0.25) is 0 Å². The van der Waals surface area contributed by atoms with Crippen LogP contribution in [0.1, 0.15) is 53.6 Å². The fraction of sp³-hybridized carbons (Fsp3) is 0.500. The smallest absolute Gasteiger partial charge is 0.257 e. The molecule has 1 unspecified atom stereocenters. The van der Waals surface area contributed by atoms with Gasteiger partial charge >= 0.3 is 0 Å². The van der Waals surface area contributed by atoms with Crippen molar-refractivity contribution in [3.8, 4) is 5.75 Å². The zero-order chi connectivity index (χ0) is 18.8. The Hall–Kier alpha value is -2.41. The number of carbonyl (C=O) groups excluding carboxylic acids is 1. The zero-order valence-electron chi connectivity index (χ0n) is 15.3. The lowest BCUT2D eigenvalue weighted by Gasteiger charge is -2.33. The van der Waals surface area contributed by atoms with Gasteiger partial charge in [-0.25, -0.2) is 4.39 Å². The normalized spacial score (nSPS) is 21.4. The molecule has 1 aromatic carbocycles. The van der Waals surface area contributed by atoms with E-state index < -0.39 is 5.82 Å². The van der Waals surface area contributed by atoms with Crippen molar-refractivity contribution in [1.82, 2.24) is 20.0 Å². The molecule has 2 aliphatic rings. The lowest BCUT2D eigenvalue weighted by Crippen LogP contribution is -2.39. The number of phenols is 1. The van der Waals surface area contributed by atoms with E-state index in [1.807, 2.05) is 10.9 Å². The van der Waals surface area contributed by atoms with E-state index in [-0.39, 0.29) is 17.6 Å². The molecule has 1 amide bonds. The number of hydrogen-bond acceptors (Lipinski definition) is 4. The Kier molecular flexibility index (Phi) is 5.11. The Morgan fingerprint density at radius 1 is 1.26 bits per heavy atom. The van der Waals surface area contributed by atoms with E-state index in [9.17, 15) is 14.3 Å². The number of rotatable bonds is 3. The van der Waals surface area contributed by atoms with Crippen LogP contribution in [-0.2, 0) is 0 Å². The lowest BCUT2D eigenvalue weighted by molar-refractivity contribution is 0.0705. The Labute approximate surface area is 158 Å². The fourth-order valence-electron chi connectivity index (χ4n) is 4.17. The summed E-state index contributed by atoms with van der Waals surface area (Å²) < 4.78 is 16.2. The van der Waals surface area contributed by atoms with Gasteiger partial charge in [-0.3, -0.25) is 9.48 Å². The highest BCUT2D eigenvalue weighted by Crippen LogP contribution is 2.32. The molecule has 0 bridgehead atoms. The summed E-state index contributed by atoms with van der Waals surface area (Å²) in [4.78, 5) is 14.7. The Balaban J connectivity index is 1.47. The van der Waals surface area contributed by atoms with Gasteiger partial charge in [0.2, 0.25) is 0 Å². The number of piperidine rings is 2. The van der Waals surface area contributed by atoms with Gasteiger partial charge in [-0.1, -0.05) is 12.1 Å². The molecule has 0 radical (unpaired) electrons. The minimum Gasteiger partial charge on any atom is -0.505 e. The van der Waals surface area contributed by atoms with Crippen molar-refractivity contribution in [3.63, 3.8) is 0 Å². The number of carbonyl (C=O) groups is 1. The minimum absolute atomic E-state index is 0.0551. The Morgan fingerprint density at radius 3 is 2.89 bits per heavy atom. The quantitative estimate of drug-likeness (QED) is 0.869. The van der Waals surface area contributed by atoms with Crippen LogP contribution in [0, 0.1) is 5.82 Å². The number of nitrogens with one attached hydrogen (secondary N) is 1. The summed E-state index contributed by atoms with van der Waals surface area (Å²) in [7, 11) is 0. The zero-order valence-corrected chi connectivity index (χ0v) is 15.3. The summed E-state index contributed by atoms with van der Waals surface area (Å²) in [5, 5.41) is 17.4. The summed E-state index contributed by atoms with van der Waals surface area (Å²) in [6, 6.07) is 5.03. The first-order chi connectivity index (χ1) is 13.1. The van der Waals surface area contributed by atoms with Crippen LogP contribution < -0.4 is 5.32 Å². The fourth-order valence-corrected chi connectivity index (χ4v) is 4.17. The van der Waals surface area contributed by atoms with Gasteiger partial charge in [0.05, 0.1) is 17.8 Å². The van der Waals surface area contributed by atoms with Gasteiger partial charge < -0.3 is 15.3 Å². The molecule has 144 valence electrons. The second-order valence-corrected chi connectivity index (χ2v) is 7.46. The molecule has 27 heavy (non-hydrogen) atoms. The van der Waals surface area contributed by atoms with E-state index in [1.165, 1.54) is 6.07 Å². The van der Waals surface area contributed by atoms with E-state index >= 15 is 0 Å². The third-order valence-electron chi connectivity index (χ3n) is 5.69. The molecular weight excluding hydrogens is 347 g/mol. The third kappa shape index (κ3) is 3.69. The molecule has 2 aliphatic heterocycles. The van der Waals surface area contributed by atoms with Crippen LogP contribution in [-0.4, -0.2) is 51.9 Å². The molecule has 1 aromatic heterocycles. The SMILES string of the molecule is O=C(c1cnn(C2CCNCC2)c1)N1CCCC(c2cccc(O)c2F)C1. The average Bonchev–Trinajstić information content (AvgIpc) is 3.20. The van der Waals surface area contributed by atoms with E-state index in [0.29, 0.717) is 30.3 Å². The van der Waals surface area contributed by atoms with Gasteiger partial charge in [-0.05, 0) is 50.4 Å². The van der Waals surface area contributed by atoms with Gasteiger partial charge in [0.1, 0.15) is 0 Å². The van der Waals surface area contributed by atoms with Crippen molar-refractivity contribution < 1.29 is 14.3 Å². The van der Waals surface area contributed by atoms with Crippen molar-refractivity contribution in [1.29, 1.82) is 0 Å². The summed E-state index contributed by atoms with van der Waals surface area (Å²) in [6.07, 6.45) is 7.13. The number of hydrogen-bond donors (Lipinski definition) is 2. The Bertz CT molecular complexity index is 816. The van der Waals surface area contributed by atoms with Crippen LogP contribution >= 0.6 is 0 Å². The summed E-state index contributed by atoms with van der Waals surface area (Å²) in [5.74, 6) is -1.07. The molecule has 1 atom stereocenters. The number of nitrogens with zero attached hydrogens (tertiary/aromatic N) is 3. The maximum absolute atomic E-state index is 14.3. The molecule has 0 aliphatic carbocycles. The van der Waals surface area contributed by atoms with Crippen molar-refractivity contribution in [2.75, 3.05) is 26.2 Å². The maximum atomic E-state index is 14.3. The van der Waals surface area contributed by atoms with Crippen molar-refractivity contribution in [3.05, 3.63) is 47.5 Å². The molecule has 2 fully saturated rings. The molecule has 3 heterocycles. The average molecular weight is 372 g/mol. The molecule has 7 heteroatoms. The van der Waals surface area contributed by atoms with Crippen LogP contribution in [0.15, 0.2) is 30.6 Å². The number of halogens is 1. The van der Waals surface area contributed by atoms with E-state index in [2.05, 4.69) is 10.4 Å². The van der Waals surface area contributed by atoms with Gasteiger partial charge in [0, 0.05) is 25.2 Å². The van der Waals surface area contributed by atoms with Gasteiger partial charge in [0.15, 0.2) is 11.6 Å². The number of amides is 1. The van der Waals surface area contributed by atoms with E-state index in [0.717, 1.165) is 38.8 Å². The lowest BCUT2D eigenvalue weighted by atomic mass is 9.90. The van der Waals surface area contributed by atoms with E-state index in [4.69, 9.17) is 0 Å². The van der Waals surface area contributed by atoms with Crippen molar-refractivity contribution >= 4 is 5.91 Å². The van der Waals surface area contributed by atoms with Crippen molar-refractivity contribution in [2.45, 2.75) is 37.6 Å². The second-order valence-electron chi connectivity index (χ2n) is 7.46. The molecule has 0 spiro atoms. The monoisotopic (exact) mass is 372 g/mol. The Morgan fingerprint density at radius 2 is 2.07 bits per heavy atom. The first kappa shape index (κ1) is 18.0. The van der Waals surface area contributed by atoms with Gasteiger partial charge in [0.25, 0.3) is 5.91 Å². The molecule has 2 aromatic rings. The summed E-state index contributed by atoms with van der Waals surface area (Å²) in [5.41, 5.74) is 1.07. The number of phenolic OH excluding ortho intramolecular Hbond substituents is 1. The second kappa shape index (κ2) is 7.68. The topological polar surface area (TPSA) is 70.4 Å². The minimum atomic E-state index is -0.574. The van der Waals surface area contributed by atoms with Crippen LogP contribution in [0.4, 0.5) is 4.39 Å². The number of aromatic hydroxyl groups is 1. The molecule has 6 nitrogen and oxygen atoms in total. The predicted molar refractivity (Wildman–Crippen MR) is 99.3 cm³/mol. The summed E-state index contributed by atoms with van der Waals surface area (Å²) >= 11 is 0. The highest BCUT2D eigenvalue weighted by Gasteiger charge is 2.28. The molecule has 4 rings (SSSR count). The maximum Gasteiger partial charge on any atom is 0.257 e. The van der Waals surface area contributed by atoms with Crippen LogP contribution in [0.3, 0.4) is 0 Å². The molecule has 2 N–H and O–H groups in total. The standard InChI is InChI=1S/C20H25FN4O2/c21-19-17(4-1-5-18(19)26)14-3-2-10-24(12-14)20(27)15-11-23-25(13-15)16-6-8-22-9-7-16/h1,4-5,11,13-14,16,22,26H,2-3,6-10,12H2. The van der Waals surface area contributed by atoms with Gasteiger partial charge in [-0.15, -0.1) is 0 Å². The molecule has 2 saturated heterocycles. The number of aromatic nitrogens is 2. The van der Waals surface area contributed by atoms with Gasteiger partial charge in [-0.2, -0.15) is 5.10 Å². The number of likely N-dealkylation sites (tertiary alicyclic amines) is 1. The van der Waals surface area contributed by atoms with Crippen LogP contribution in [0.25, 0.3) is 0 Å². The largest absolute Gasteiger partial charge is 0.505 e. The first-order valence-electron chi connectivity index (χ1n) is 9.65. The van der Waals surface area contributed by atoms with E-state index in [1.54, 1.807) is 23.2 Å². The highest BCUT2D eigenvalue weighted by atomic mass is 19.1. The number of benzene rings is 1. The highest BCUT2D eigenvalue weighted by molar-refractivity contribution is 5.93. The third-order valence-corrected chi connectivity index (χ3v) is 5.69. The molecular formula is C20H25FN4O2. The summed E-state index contributed by atoms with van der Waals surface area (Å²) in [6.45, 7) is 3.06. The van der Waals surface area contributed by atoms with Crippen LogP contribution in [0.5, 0.6) is 5.75 Å².